The van der Waals surface area contributed by atoms with E-state index in [0.717, 1.165) is 17.8 Å². The van der Waals surface area contributed by atoms with E-state index < -0.39 is 6.61 Å². The lowest BCUT2D eigenvalue weighted by Gasteiger charge is -2.56. The number of rotatable bonds is 6. The molecule has 4 aliphatic rings. The van der Waals surface area contributed by atoms with Gasteiger partial charge in [0.25, 0.3) is 0 Å². The third kappa shape index (κ3) is 3.78. The Morgan fingerprint density at radius 3 is 2.36 bits per heavy atom. The van der Waals surface area contributed by atoms with E-state index in [1.165, 1.54) is 44.6 Å². The molecule has 4 saturated carbocycles. The molecule has 5 rings (SSSR count). The average Bonchev–Trinajstić information content (AvgIpc) is 2.53. The summed E-state index contributed by atoms with van der Waals surface area (Å²) in [6, 6.07) is 6.33. The van der Waals surface area contributed by atoms with Crippen LogP contribution in [0.25, 0.3) is 0 Å². The van der Waals surface area contributed by atoms with Gasteiger partial charge < -0.3 is 10.1 Å². The zero-order chi connectivity index (χ0) is 17.4. The summed E-state index contributed by atoms with van der Waals surface area (Å²) >= 11 is 1.78. The summed E-state index contributed by atoms with van der Waals surface area (Å²) in [6.45, 7) is -2.90. The Bertz CT molecular complexity index is 617. The zero-order valence-electron chi connectivity index (χ0n) is 14.0. The highest BCUT2D eigenvalue weighted by Crippen LogP contribution is 2.60. The van der Waals surface area contributed by atoms with Crippen molar-refractivity contribution in [2.75, 3.05) is 11.1 Å². The van der Waals surface area contributed by atoms with E-state index >= 15 is 0 Å². The van der Waals surface area contributed by atoms with Crippen LogP contribution in [0.15, 0.2) is 24.3 Å². The molecule has 0 radical (unpaired) electrons. The lowest BCUT2D eigenvalue weighted by Crippen LogP contribution is -2.49. The quantitative estimate of drug-likeness (QED) is 0.775. The number of nitrogens with one attached hydrogen (secondary N) is 1. The number of ether oxygens (including phenoxy) is 1. The number of carbonyl (C=O) groups is 1. The first-order valence-corrected chi connectivity index (χ1v) is 9.97. The molecule has 0 saturated heterocycles. The Hall–Kier alpha value is -1.30. The fourth-order valence-electron chi connectivity index (χ4n) is 5.38. The van der Waals surface area contributed by atoms with Gasteiger partial charge in [-0.3, -0.25) is 4.79 Å². The van der Waals surface area contributed by atoms with Crippen LogP contribution >= 0.6 is 11.8 Å². The van der Waals surface area contributed by atoms with Crippen molar-refractivity contribution in [3.05, 3.63) is 24.3 Å². The van der Waals surface area contributed by atoms with E-state index in [2.05, 4.69) is 10.1 Å². The fourth-order valence-corrected chi connectivity index (χ4v) is 6.95. The van der Waals surface area contributed by atoms with Crippen molar-refractivity contribution in [3.63, 3.8) is 0 Å². The number of hydrogen-bond donors (Lipinski definition) is 1. The van der Waals surface area contributed by atoms with Crippen molar-refractivity contribution in [1.82, 2.24) is 0 Å². The van der Waals surface area contributed by atoms with Crippen LogP contribution in [0.2, 0.25) is 0 Å². The third-order valence-electron chi connectivity index (χ3n) is 5.87. The summed E-state index contributed by atoms with van der Waals surface area (Å²) in [5.74, 6) is 2.78. The van der Waals surface area contributed by atoms with Crippen LogP contribution in [0.5, 0.6) is 5.75 Å². The number of carbonyl (C=O) groups excluding carboxylic acids is 1. The lowest BCUT2D eigenvalue weighted by atomic mass is 9.56. The van der Waals surface area contributed by atoms with Crippen molar-refractivity contribution < 1.29 is 18.3 Å². The maximum Gasteiger partial charge on any atom is 0.387 e. The van der Waals surface area contributed by atoms with Crippen LogP contribution in [-0.2, 0) is 4.79 Å². The van der Waals surface area contributed by atoms with Gasteiger partial charge >= 0.3 is 6.61 Å². The monoisotopic (exact) mass is 367 g/mol. The normalized spacial score (nSPS) is 32.8. The first-order chi connectivity index (χ1) is 12.0. The second-order valence-electron chi connectivity index (χ2n) is 7.81. The Morgan fingerprint density at radius 1 is 1.16 bits per heavy atom. The predicted molar refractivity (Wildman–Crippen MR) is 95.1 cm³/mol. The number of para-hydroxylation sites is 2. The molecule has 0 heterocycles. The smallest absolute Gasteiger partial charge is 0.387 e. The fraction of sp³-hybridized carbons (Fsp3) is 0.632. The van der Waals surface area contributed by atoms with E-state index in [1.807, 2.05) is 0 Å². The molecule has 0 atom stereocenters. The molecule has 136 valence electrons. The van der Waals surface area contributed by atoms with Crippen molar-refractivity contribution in [1.29, 1.82) is 0 Å². The van der Waals surface area contributed by atoms with E-state index in [1.54, 1.807) is 30.0 Å². The van der Waals surface area contributed by atoms with Gasteiger partial charge in [0.1, 0.15) is 5.75 Å². The molecule has 4 aliphatic carbocycles. The molecule has 0 aromatic heterocycles. The zero-order valence-corrected chi connectivity index (χ0v) is 14.9. The molecule has 0 spiro atoms. The van der Waals surface area contributed by atoms with Crippen LogP contribution < -0.4 is 10.1 Å². The second kappa shape index (κ2) is 6.78. The minimum absolute atomic E-state index is 0.00524. The van der Waals surface area contributed by atoms with Gasteiger partial charge in [-0.1, -0.05) is 12.1 Å². The van der Waals surface area contributed by atoms with Gasteiger partial charge in [-0.15, -0.1) is 11.8 Å². The molecule has 1 amide bonds. The van der Waals surface area contributed by atoms with Gasteiger partial charge in [-0.05, 0) is 68.4 Å². The van der Waals surface area contributed by atoms with Crippen molar-refractivity contribution in [2.45, 2.75) is 49.9 Å². The van der Waals surface area contributed by atoms with Crippen LogP contribution in [0.4, 0.5) is 14.5 Å². The SMILES string of the molecule is O=C(CSC12CC3CC(CC(C3)C1)C2)Nc1ccccc1OC(F)F. The number of anilines is 1. The van der Waals surface area contributed by atoms with Gasteiger partial charge in [0.15, 0.2) is 0 Å². The van der Waals surface area contributed by atoms with Crippen molar-refractivity contribution in [2.24, 2.45) is 17.8 Å². The molecule has 1 aromatic carbocycles. The highest BCUT2D eigenvalue weighted by molar-refractivity contribution is 8.01. The van der Waals surface area contributed by atoms with Crippen molar-refractivity contribution in [3.8, 4) is 5.75 Å². The van der Waals surface area contributed by atoms with Crippen LogP contribution in [0.1, 0.15) is 38.5 Å². The summed E-state index contributed by atoms with van der Waals surface area (Å²) in [6.07, 6.45) is 7.85. The van der Waals surface area contributed by atoms with Crippen LogP contribution in [0.3, 0.4) is 0 Å². The molecule has 0 aliphatic heterocycles. The van der Waals surface area contributed by atoms with E-state index in [-0.39, 0.29) is 16.4 Å². The molecule has 6 heteroatoms. The maximum absolute atomic E-state index is 12.5. The van der Waals surface area contributed by atoms with E-state index in [4.69, 9.17) is 0 Å². The highest BCUT2D eigenvalue weighted by Gasteiger charge is 2.51. The summed E-state index contributed by atoms with van der Waals surface area (Å²) in [5, 5.41) is 2.73. The molecule has 0 unspecified atom stereocenters. The predicted octanol–water partition coefficient (Wildman–Crippen LogP) is 4.93. The molecule has 4 fully saturated rings. The number of hydrogen-bond acceptors (Lipinski definition) is 3. The largest absolute Gasteiger partial charge is 0.433 e. The highest BCUT2D eigenvalue weighted by atomic mass is 32.2. The van der Waals surface area contributed by atoms with E-state index in [9.17, 15) is 13.6 Å². The lowest BCUT2D eigenvalue weighted by molar-refractivity contribution is -0.114. The topological polar surface area (TPSA) is 38.3 Å². The molecule has 4 bridgehead atoms. The number of benzene rings is 1. The Morgan fingerprint density at radius 2 is 1.76 bits per heavy atom. The van der Waals surface area contributed by atoms with E-state index in [0.29, 0.717) is 11.4 Å². The minimum atomic E-state index is -2.90. The molecule has 1 aromatic rings. The molecular formula is C19H23F2NO2S. The summed E-state index contributed by atoms with van der Waals surface area (Å²) < 4.78 is 29.7. The average molecular weight is 367 g/mol. The standard InChI is InChI=1S/C19H23F2NO2S/c20-18(21)24-16-4-2-1-3-15(16)22-17(23)11-25-19-8-12-5-13(9-19)7-14(6-12)10-19/h1-4,12-14,18H,5-11H2,(H,22,23). The maximum atomic E-state index is 12.5. The first-order valence-electron chi connectivity index (χ1n) is 8.99. The Labute approximate surface area is 150 Å². The van der Waals surface area contributed by atoms with Gasteiger partial charge in [-0.2, -0.15) is 8.78 Å². The Balaban J connectivity index is 1.36. The number of alkyl halides is 2. The van der Waals surface area contributed by atoms with Crippen molar-refractivity contribution >= 4 is 23.4 Å². The molecule has 3 nitrogen and oxygen atoms in total. The van der Waals surface area contributed by atoms with Gasteiger partial charge in [0, 0.05) is 4.75 Å². The van der Waals surface area contributed by atoms with Gasteiger partial charge in [-0.25, -0.2) is 0 Å². The summed E-state index contributed by atoms with van der Waals surface area (Å²) in [4.78, 5) is 12.4. The summed E-state index contributed by atoms with van der Waals surface area (Å²) in [7, 11) is 0. The van der Waals surface area contributed by atoms with Crippen LogP contribution in [0, 0.1) is 17.8 Å². The molecule has 25 heavy (non-hydrogen) atoms. The number of thioether (sulfide) groups is 1. The summed E-state index contributed by atoms with van der Waals surface area (Å²) in [5.41, 5.74) is 0.305. The first kappa shape index (κ1) is 17.1. The third-order valence-corrected chi connectivity index (χ3v) is 7.39. The Kier molecular flexibility index (Phi) is 4.65. The number of amides is 1. The minimum Gasteiger partial charge on any atom is -0.433 e. The molecule has 1 N–H and O–H groups in total. The van der Waals surface area contributed by atoms with Crippen LogP contribution in [-0.4, -0.2) is 23.0 Å². The van der Waals surface area contributed by atoms with Gasteiger partial charge in [0.05, 0.1) is 11.4 Å². The van der Waals surface area contributed by atoms with Gasteiger partial charge in [0.2, 0.25) is 5.91 Å². The number of halogens is 2. The second-order valence-corrected chi connectivity index (χ2v) is 9.26. The molecular weight excluding hydrogens is 344 g/mol.